The van der Waals surface area contributed by atoms with Crippen molar-refractivity contribution >= 4 is 77.4 Å². The van der Waals surface area contributed by atoms with Crippen LogP contribution < -0.4 is 28.1 Å². The number of ether oxygens (including phenoxy) is 4. The lowest BCUT2D eigenvalue weighted by molar-refractivity contribution is -0.775. The average molecular weight is 1220 g/mol. The van der Waals surface area contributed by atoms with Crippen molar-refractivity contribution < 1.29 is 124 Å². The summed E-state index contributed by atoms with van der Waals surface area (Å²) in [6.45, 7) is 3.25. The first-order valence-corrected chi connectivity index (χ1v) is 26.5. The molecule has 4 saturated heterocycles. The highest BCUT2D eigenvalue weighted by Crippen LogP contribution is 2.46. The fourth-order valence-electron chi connectivity index (χ4n) is 8.06. The van der Waals surface area contributed by atoms with Gasteiger partial charge in [-0.1, -0.05) is 46.4 Å². The molecule has 434 valence electrons. The zero-order valence-electron chi connectivity index (χ0n) is 42.0. The van der Waals surface area contributed by atoms with Crippen LogP contribution in [-0.4, -0.2) is 155 Å². The number of aliphatic hydroxyl groups is 7. The number of nitrogens with zero attached hydrogens (tertiary/aromatic N) is 4. The van der Waals surface area contributed by atoms with Crippen LogP contribution in [0.2, 0.25) is 0 Å². The van der Waals surface area contributed by atoms with Crippen LogP contribution in [0.25, 0.3) is 0 Å². The Morgan fingerprint density at radius 2 is 0.899 bits per heavy atom. The monoisotopic (exact) mass is 1220 g/mol. The molecule has 4 unspecified atom stereocenters. The molecule has 79 heavy (non-hydrogen) atoms. The van der Waals surface area contributed by atoms with Gasteiger partial charge in [0.15, 0.2) is 78.8 Å². The summed E-state index contributed by atoms with van der Waals surface area (Å²) in [5.41, 5.74) is 1.51. The van der Waals surface area contributed by atoms with Gasteiger partial charge in [-0.2, -0.15) is 27.0 Å². The van der Waals surface area contributed by atoms with Crippen molar-refractivity contribution in [3.8, 4) is 0 Å². The van der Waals surface area contributed by atoms with Crippen LogP contribution in [-0.2, 0) is 28.0 Å². The number of ketones is 4. The Hall–Kier alpha value is -4.10. The molecule has 4 aliphatic rings. The average Bonchev–Trinajstić information content (AvgIpc) is 4.05. The number of hydrogen-bond acceptors (Lipinski definition) is 19. The summed E-state index contributed by atoms with van der Waals surface area (Å²) in [6.07, 6.45) is -5.36. The van der Waals surface area contributed by atoms with Crippen molar-refractivity contribution in [3.63, 3.8) is 0 Å². The van der Waals surface area contributed by atoms with Crippen molar-refractivity contribution in [2.75, 3.05) is 26.4 Å². The molecule has 4 fully saturated rings. The number of hydrogen-bond donors (Lipinski definition) is 7. The summed E-state index contributed by atoms with van der Waals surface area (Å²) in [5.74, 6) is -4.27. The summed E-state index contributed by atoms with van der Waals surface area (Å²) < 4.78 is 79.1. The molecular formula is C48H56Cl4F3N4O19P+2. The van der Waals surface area contributed by atoms with E-state index in [1.165, 1.54) is 84.5 Å². The zero-order valence-corrected chi connectivity index (χ0v) is 45.9. The van der Waals surface area contributed by atoms with E-state index in [2.05, 4.69) is 4.52 Å². The van der Waals surface area contributed by atoms with E-state index in [4.69, 9.17) is 80.7 Å². The second-order valence-corrected chi connectivity index (χ2v) is 22.2. The van der Waals surface area contributed by atoms with Gasteiger partial charge in [0.1, 0.15) is 42.7 Å². The molecule has 0 spiro atoms. The number of halogens is 7. The molecule has 0 bridgehead atoms. The third-order valence-corrected chi connectivity index (χ3v) is 14.5. The van der Waals surface area contributed by atoms with Crippen LogP contribution in [0.1, 0.15) is 94.0 Å². The van der Waals surface area contributed by atoms with E-state index in [0.29, 0.717) is 16.7 Å². The van der Waals surface area contributed by atoms with Gasteiger partial charge in [-0.15, -0.1) is 0 Å². The Balaban J connectivity index is 0.000000195. The fraction of sp³-hybridized carbons (Fsp3) is 0.500. The predicted molar refractivity (Wildman–Crippen MR) is 260 cm³/mol. The maximum Gasteiger partial charge on any atom is 0.362 e. The number of phosphoric ester groups is 1. The van der Waals surface area contributed by atoms with Crippen LogP contribution in [0, 0.1) is 0 Å². The Morgan fingerprint density at radius 1 is 0.570 bits per heavy atom. The predicted octanol–water partition coefficient (Wildman–Crippen LogP) is -0.117. The number of rotatable bonds is 14. The summed E-state index contributed by atoms with van der Waals surface area (Å²) in [5, 5.41) is 65.9. The molecule has 0 saturated carbocycles. The van der Waals surface area contributed by atoms with E-state index in [0.717, 1.165) is 4.57 Å². The maximum atomic E-state index is 13.9. The molecule has 0 amide bonds. The van der Waals surface area contributed by atoms with Gasteiger partial charge in [0.05, 0.1) is 56.5 Å². The molecule has 8 rings (SSSR count). The molecule has 0 aromatic carbocycles. The number of aromatic nitrogens is 4. The number of alkyl halides is 7. The quantitative estimate of drug-likeness (QED) is 0.0375. The molecule has 0 radical (unpaired) electrons. The molecule has 8 heterocycles. The summed E-state index contributed by atoms with van der Waals surface area (Å²) in [4.78, 5) is 66.3. The third kappa shape index (κ3) is 15.7. The van der Waals surface area contributed by atoms with E-state index in [9.17, 15) is 67.1 Å². The van der Waals surface area contributed by atoms with Gasteiger partial charge in [-0.05, 0) is 52.0 Å². The first-order chi connectivity index (χ1) is 36.8. The second-order valence-electron chi connectivity index (χ2n) is 18.1. The Labute approximate surface area is 468 Å². The Kier molecular flexibility index (Phi) is 22.7. The molecule has 4 aromatic rings. The highest BCUT2D eigenvalue weighted by molar-refractivity contribution is 7.43. The lowest BCUT2D eigenvalue weighted by Crippen LogP contribution is -2.50. The highest BCUT2D eigenvalue weighted by Gasteiger charge is 2.64. The van der Waals surface area contributed by atoms with Crippen molar-refractivity contribution in [3.05, 3.63) is 120 Å². The maximum absolute atomic E-state index is 13.9. The lowest BCUT2D eigenvalue weighted by atomic mass is 10.1. The molecule has 7 N–H and O–H groups in total. The smallest absolute Gasteiger partial charge is 0.362 e. The minimum Gasteiger partial charge on any atom is -0.790 e. The number of Topliss-reactive ketones (excluding diaryl/α,β-unsaturated/α-hetero) is 4. The number of carbonyl (C=O) groups excluding carboxylic acids is 4. The molecular weight excluding hydrogens is 1170 g/mol. The van der Waals surface area contributed by atoms with Crippen molar-refractivity contribution in [1.82, 2.24) is 0 Å². The van der Waals surface area contributed by atoms with Gasteiger partial charge in [-0.3, -0.25) is 19.2 Å². The Morgan fingerprint density at radius 3 is 1.24 bits per heavy atom. The van der Waals surface area contributed by atoms with Gasteiger partial charge in [0.2, 0.25) is 14.8 Å². The van der Waals surface area contributed by atoms with Gasteiger partial charge < -0.3 is 73.6 Å². The molecule has 4 aromatic heterocycles. The van der Waals surface area contributed by atoms with Crippen molar-refractivity contribution in [2.45, 2.75) is 122 Å². The van der Waals surface area contributed by atoms with Crippen LogP contribution in [0.3, 0.4) is 0 Å². The second kappa shape index (κ2) is 27.3. The van der Waals surface area contributed by atoms with E-state index in [-0.39, 0.29) is 28.7 Å². The van der Waals surface area contributed by atoms with E-state index in [1.54, 1.807) is 55.0 Å². The summed E-state index contributed by atoms with van der Waals surface area (Å²) in [6, 6.07) is 12.6. The lowest BCUT2D eigenvalue weighted by Gasteiger charge is -2.30. The first-order valence-electron chi connectivity index (χ1n) is 23.5. The molecule has 13 atom stereocenters. The normalized spacial score (nSPS) is 29.2. The van der Waals surface area contributed by atoms with Gasteiger partial charge >= 0.3 is 12.2 Å². The topological polar surface area (TPSA) is 335 Å². The number of pyridine rings is 4. The third-order valence-electron chi connectivity index (χ3n) is 12.4. The highest BCUT2D eigenvalue weighted by atomic mass is 35.5. The number of aliphatic hydroxyl groups excluding tert-OH is 7. The SMILES string of the molecule is CC(=O)c1ccc[n+]([C@@H]2O[C@H](CO)C(O)C2(Cl)Cl)c1.CC(=O)c1ccc[n+]([C@@H]2O[C@H](CO)C(O)C2(F)F)c1.CC(=O)c1ccc[n+]([C@@H]2O[C@H](CO)C(O)[C@@H]2F)c1.CC(=O)c1ccc[n+]([C@@H]2O[C@H](COP(=O)([O-])[O-])C(O)C2(Cl)Cl)c1. The van der Waals surface area contributed by atoms with Crippen molar-refractivity contribution in [1.29, 1.82) is 0 Å². The zero-order chi connectivity index (χ0) is 59.1. The van der Waals surface area contributed by atoms with Crippen LogP contribution in [0.5, 0.6) is 0 Å². The van der Waals surface area contributed by atoms with Crippen LogP contribution in [0.4, 0.5) is 13.2 Å². The first kappa shape index (κ1) is 65.7. The van der Waals surface area contributed by atoms with E-state index >= 15 is 0 Å². The fourth-order valence-corrected chi connectivity index (χ4v) is 9.60. The van der Waals surface area contributed by atoms with Crippen LogP contribution in [0.15, 0.2) is 98.1 Å². The largest absolute Gasteiger partial charge is 0.790 e. The molecule has 0 aliphatic carbocycles. The van der Waals surface area contributed by atoms with Gasteiger partial charge in [0.25, 0.3) is 18.7 Å². The molecule has 31 heteroatoms. The standard InChI is InChI=1S/C12H14Cl2NO7P.C12H14Cl2NO4.C12H14F2NO4.C12H15FNO4/c1-7(16)8-3-2-4-15(5-8)11-12(13,14)10(17)9(22-11)6-21-23(18,19)20;2*1-7(17)8-3-2-4-15(5-8)11-12(13,14)10(18)9(6-16)19-11;1-7(16)8-3-2-4-14(5-8)12-10(13)11(17)9(6-15)18-12/h2-5,9-11,17H,6H2,1H3,(H-,18,19,20);2*2-5,9-11,16,18H,6H2,1H3;2-5,9-12,15,17H,6H2,1H3/q;3*+1/p-1/t3*9-,10?,11-;9-,10+,11?,12-/m1111/s1. The summed E-state index contributed by atoms with van der Waals surface area (Å²) in [7, 11) is -5.23. The molecule has 23 nitrogen and oxygen atoms in total. The summed E-state index contributed by atoms with van der Waals surface area (Å²) >= 11 is 24.4. The van der Waals surface area contributed by atoms with Crippen molar-refractivity contribution in [2.24, 2.45) is 0 Å². The van der Waals surface area contributed by atoms with E-state index in [1.807, 2.05) is 0 Å². The minimum absolute atomic E-state index is 0.110. The molecule has 4 aliphatic heterocycles. The van der Waals surface area contributed by atoms with Gasteiger partial charge in [0, 0.05) is 24.3 Å². The minimum atomic E-state index is -5.23. The number of phosphoric acid groups is 1. The Bertz CT molecular complexity index is 2760. The number of carbonyl (C=O) groups is 4. The van der Waals surface area contributed by atoms with Crippen LogP contribution >= 0.6 is 54.2 Å². The van der Waals surface area contributed by atoms with E-state index < -0.39 is 129 Å². The van der Waals surface area contributed by atoms with Gasteiger partial charge in [-0.25, -0.2) is 4.39 Å².